The molecular formula is C15H19Cl2N3. The molecule has 1 aromatic carbocycles. The fourth-order valence-electron chi connectivity index (χ4n) is 2.58. The predicted molar refractivity (Wildman–Crippen MR) is 84.6 cm³/mol. The molecule has 1 aromatic rings. The van der Waals surface area contributed by atoms with Crippen molar-refractivity contribution >= 4 is 28.9 Å². The summed E-state index contributed by atoms with van der Waals surface area (Å²) >= 11 is 12.0. The summed E-state index contributed by atoms with van der Waals surface area (Å²) in [7, 11) is 0. The van der Waals surface area contributed by atoms with Gasteiger partial charge in [-0.15, -0.1) is 0 Å². The van der Waals surface area contributed by atoms with Crippen LogP contribution in [0.2, 0.25) is 10.0 Å². The molecule has 1 aliphatic heterocycles. The minimum atomic E-state index is 0.0518. The van der Waals surface area contributed by atoms with Crippen LogP contribution in [0, 0.1) is 11.3 Å². The molecule has 0 aromatic heterocycles. The Morgan fingerprint density at radius 1 is 1.20 bits per heavy atom. The predicted octanol–water partition coefficient (Wildman–Crippen LogP) is 3.81. The maximum absolute atomic E-state index is 9.22. The largest absolute Gasteiger partial charge is 0.369 e. The zero-order chi connectivity index (χ0) is 14.5. The number of hydrogen-bond acceptors (Lipinski definition) is 3. The lowest BCUT2D eigenvalue weighted by atomic mass is 10.1. The maximum atomic E-state index is 9.22. The molecule has 2 rings (SSSR count). The van der Waals surface area contributed by atoms with E-state index in [1.807, 2.05) is 18.2 Å². The van der Waals surface area contributed by atoms with Crippen LogP contribution in [0.5, 0.6) is 0 Å². The van der Waals surface area contributed by atoms with Gasteiger partial charge < -0.3 is 4.90 Å². The lowest BCUT2D eigenvalue weighted by Gasteiger charge is -2.38. The van der Waals surface area contributed by atoms with Crippen molar-refractivity contribution in [2.75, 3.05) is 31.1 Å². The summed E-state index contributed by atoms with van der Waals surface area (Å²) in [6.07, 6.45) is 1.99. The Kier molecular flexibility index (Phi) is 5.54. The van der Waals surface area contributed by atoms with Gasteiger partial charge in [0.25, 0.3) is 0 Å². The van der Waals surface area contributed by atoms with E-state index in [0.717, 1.165) is 44.7 Å². The zero-order valence-corrected chi connectivity index (χ0v) is 13.2. The van der Waals surface area contributed by atoms with Crippen LogP contribution in [0.25, 0.3) is 0 Å². The zero-order valence-electron chi connectivity index (χ0n) is 11.6. The molecule has 1 fully saturated rings. The first-order valence-electron chi connectivity index (χ1n) is 6.99. The first-order valence-corrected chi connectivity index (χ1v) is 7.75. The Morgan fingerprint density at radius 2 is 1.90 bits per heavy atom. The lowest BCUT2D eigenvalue weighted by Crippen LogP contribution is -2.50. The smallest absolute Gasteiger partial charge is 0.0979 e. The molecule has 1 heterocycles. The van der Waals surface area contributed by atoms with Crippen LogP contribution in [0.1, 0.15) is 19.8 Å². The highest BCUT2D eigenvalue weighted by Gasteiger charge is 2.23. The van der Waals surface area contributed by atoms with E-state index in [2.05, 4.69) is 22.8 Å². The third kappa shape index (κ3) is 3.58. The average Bonchev–Trinajstić information content (AvgIpc) is 2.48. The van der Waals surface area contributed by atoms with E-state index in [0.29, 0.717) is 10.0 Å². The van der Waals surface area contributed by atoms with Crippen molar-refractivity contribution in [2.45, 2.75) is 25.8 Å². The summed E-state index contributed by atoms with van der Waals surface area (Å²) in [5.41, 5.74) is 1.10. The highest BCUT2D eigenvalue weighted by Crippen LogP contribution is 2.28. The topological polar surface area (TPSA) is 30.3 Å². The maximum Gasteiger partial charge on any atom is 0.0979 e. The number of benzene rings is 1. The van der Waals surface area contributed by atoms with E-state index in [4.69, 9.17) is 23.2 Å². The van der Waals surface area contributed by atoms with Gasteiger partial charge in [0.05, 0.1) is 22.2 Å². The van der Waals surface area contributed by atoms with Gasteiger partial charge in [-0.3, -0.25) is 4.90 Å². The molecule has 1 aliphatic rings. The molecule has 0 N–H and O–H groups in total. The molecule has 1 atom stereocenters. The Morgan fingerprint density at radius 3 is 2.45 bits per heavy atom. The van der Waals surface area contributed by atoms with Crippen molar-refractivity contribution < 1.29 is 0 Å². The second-order valence-corrected chi connectivity index (χ2v) is 5.87. The molecule has 0 aliphatic carbocycles. The second kappa shape index (κ2) is 7.17. The highest BCUT2D eigenvalue weighted by molar-refractivity contribution is 6.42. The second-order valence-electron chi connectivity index (χ2n) is 5.06. The van der Waals surface area contributed by atoms with Crippen molar-refractivity contribution in [3.05, 3.63) is 28.2 Å². The number of piperazine rings is 1. The number of nitriles is 1. The van der Waals surface area contributed by atoms with Crippen LogP contribution in [0.3, 0.4) is 0 Å². The van der Waals surface area contributed by atoms with Crippen molar-refractivity contribution in [1.29, 1.82) is 5.26 Å². The fourth-order valence-corrected chi connectivity index (χ4v) is 2.87. The van der Waals surface area contributed by atoms with Gasteiger partial charge in [-0.25, -0.2) is 0 Å². The van der Waals surface area contributed by atoms with Crippen LogP contribution in [-0.2, 0) is 0 Å². The third-order valence-electron chi connectivity index (χ3n) is 3.73. The molecule has 0 spiro atoms. The summed E-state index contributed by atoms with van der Waals surface area (Å²) in [4.78, 5) is 4.57. The summed E-state index contributed by atoms with van der Waals surface area (Å²) in [6, 6.07) is 8.21. The Labute approximate surface area is 130 Å². The minimum Gasteiger partial charge on any atom is -0.369 e. The molecular weight excluding hydrogens is 293 g/mol. The monoisotopic (exact) mass is 311 g/mol. The van der Waals surface area contributed by atoms with Gasteiger partial charge >= 0.3 is 0 Å². The SMILES string of the molecule is CCCC(C#N)N1CCN(c2ccc(Cl)c(Cl)c2)CC1. The number of rotatable bonds is 4. The van der Waals surface area contributed by atoms with Gasteiger partial charge in [-0.1, -0.05) is 36.5 Å². The molecule has 1 unspecified atom stereocenters. The summed E-state index contributed by atoms with van der Waals surface area (Å²) in [5, 5.41) is 10.4. The molecule has 1 saturated heterocycles. The highest BCUT2D eigenvalue weighted by atomic mass is 35.5. The average molecular weight is 312 g/mol. The number of hydrogen-bond donors (Lipinski definition) is 0. The molecule has 0 radical (unpaired) electrons. The first kappa shape index (κ1) is 15.4. The van der Waals surface area contributed by atoms with Crippen LogP contribution in [0.15, 0.2) is 18.2 Å². The molecule has 0 amide bonds. The van der Waals surface area contributed by atoms with Crippen molar-refractivity contribution in [3.8, 4) is 6.07 Å². The number of nitrogens with zero attached hydrogens (tertiary/aromatic N) is 3. The van der Waals surface area contributed by atoms with Gasteiger partial charge in [0.1, 0.15) is 0 Å². The standard InChI is InChI=1S/C15H19Cl2N3/c1-2-3-13(11-18)20-8-6-19(7-9-20)12-4-5-14(16)15(17)10-12/h4-5,10,13H,2-3,6-9H2,1H3. The van der Waals surface area contributed by atoms with Gasteiger partial charge in [-0.2, -0.15) is 5.26 Å². The van der Waals surface area contributed by atoms with Crippen molar-refractivity contribution in [1.82, 2.24) is 4.90 Å². The summed E-state index contributed by atoms with van der Waals surface area (Å²) in [6.45, 7) is 5.78. The number of halogens is 2. The van der Waals surface area contributed by atoms with Crippen LogP contribution in [0.4, 0.5) is 5.69 Å². The summed E-state index contributed by atoms with van der Waals surface area (Å²) < 4.78 is 0. The Balaban J connectivity index is 1.97. The van der Waals surface area contributed by atoms with Gasteiger partial charge in [0.2, 0.25) is 0 Å². The molecule has 0 bridgehead atoms. The molecule has 3 nitrogen and oxygen atoms in total. The number of anilines is 1. The Bertz CT molecular complexity index is 490. The fraction of sp³-hybridized carbons (Fsp3) is 0.533. The molecule has 0 saturated carbocycles. The normalized spacial score (nSPS) is 17.8. The van der Waals surface area contributed by atoms with Gasteiger partial charge in [0, 0.05) is 31.9 Å². The van der Waals surface area contributed by atoms with E-state index in [1.54, 1.807) is 0 Å². The molecule has 5 heteroatoms. The van der Waals surface area contributed by atoms with Crippen LogP contribution in [-0.4, -0.2) is 37.1 Å². The van der Waals surface area contributed by atoms with Crippen LogP contribution >= 0.6 is 23.2 Å². The van der Waals surface area contributed by atoms with Crippen molar-refractivity contribution in [2.24, 2.45) is 0 Å². The van der Waals surface area contributed by atoms with Crippen LogP contribution < -0.4 is 4.90 Å². The van der Waals surface area contributed by atoms with E-state index in [1.165, 1.54) is 0 Å². The Hall–Kier alpha value is -0.950. The van der Waals surface area contributed by atoms with E-state index < -0.39 is 0 Å². The quantitative estimate of drug-likeness (QED) is 0.847. The van der Waals surface area contributed by atoms with E-state index in [-0.39, 0.29) is 6.04 Å². The summed E-state index contributed by atoms with van der Waals surface area (Å²) in [5.74, 6) is 0. The third-order valence-corrected chi connectivity index (χ3v) is 4.47. The molecule has 108 valence electrons. The van der Waals surface area contributed by atoms with E-state index in [9.17, 15) is 5.26 Å². The van der Waals surface area contributed by atoms with E-state index >= 15 is 0 Å². The molecule has 20 heavy (non-hydrogen) atoms. The first-order chi connectivity index (χ1) is 9.65. The minimum absolute atomic E-state index is 0.0518. The lowest BCUT2D eigenvalue weighted by molar-refractivity contribution is 0.211. The van der Waals surface area contributed by atoms with Crippen molar-refractivity contribution in [3.63, 3.8) is 0 Å². The van der Waals surface area contributed by atoms with Gasteiger partial charge in [-0.05, 0) is 24.6 Å². The van der Waals surface area contributed by atoms with Gasteiger partial charge in [0.15, 0.2) is 0 Å².